The lowest BCUT2D eigenvalue weighted by molar-refractivity contribution is 0.0166. The van der Waals surface area contributed by atoms with Gasteiger partial charge in [-0.05, 0) is 37.5 Å². The average molecular weight is 376 g/mol. The van der Waals surface area contributed by atoms with E-state index in [4.69, 9.17) is 9.47 Å². The number of hydrogen-bond donors (Lipinski definition) is 2. The van der Waals surface area contributed by atoms with Crippen molar-refractivity contribution in [2.75, 3.05) is 39.5 Å². The van der Waals surface area contributed by atoms with E-state index in [-0.39, 0.29) is 12.1 Å². The van der Waals surface area contributed by atoms with Crippen LogP contribution in [0, 0.1) is 0 Å². The van der Waals surface area contributed by atoms with Gasteiger partial charge in [0.1, 0.15) is 5.75 Å². The monoisotopic (exact) mass is 375 g/mol. The van der Waals surface area contributed by atoms with Gasteiger partial charge >= 0.3 is 6.03 Å². The van der Waals surface area contributed by atoms with Gasteiger partial charge in [-0.3, -0.25) is 4.90 Å². The molecule has 27 heavy (non-hydrogen) atoms. The summed E-state index contributed by atoms with van der Waals surface area (Å²) in [6.07, 6.45) is 5.91. The fourth-order valence-electron chi connectivity index (χ4n) is 3.97. The number of carbonyl (C=O) groups excluding carboxylic acids is 1. The predicted octanol–water partition coefficient (Wildman–Crippen LogP) is 3.09. The molecule has 6 heteroatoms. The van der Waals surface area contributed by atoms with Crippen molar-refractivity contribution in [3.05, 3.63) is 29.8 Å². The zero-order valence-electron chi connectivity index (χ0n) is 16.4. The Morgan fingerprint density at radius 2 is 1.89 bits per heavy atom. The summed E-state index contributed by atoms with van der Waals surface area (Å²) in [6.45, 7) is 6.47. The zero-order valence-corrected chi connectivity index (χ0v) is 16.4. The van der Waals surface area contributed by atoms with Crippen LogP contribution in [0.1, 0.15) is 50.6 Å². The van der Waals surface area contributed by atoms with Crippen LogP contribution in [-0.4, -0.2) is 56.4 Å². The smallest absolute Gasteiger partial charge is 0.315 e. The number of urea groups is 1. The molecule has 1 heterocycles. The van der Waals surface area contributed by atoms with Crippen molar-refractivity contribution in [2.24, 2.45) is 0 Å². The summed E-state index contributed by atoms with van der Waals surface area (Å²) in [5.41, 5.74) is 1.19. The van der Waals surface area contributed by atoms with Gasteiger partial charge in [-0.1, -0.05) is 31.4 Å². The number of hydrogen-bond acceptors (Lipinski definition) is 4. The minimum absolute atomic E-state index is 0.0499. The molecule has 6 nitrogen and oxygen atoms in total. The third kappa shape index (κ3) is 6.11. The van der Waals surface area contributed by atoms with Crippen molar-refractivity contribution < 1.29 is 14.3 Å². The van der Waals surface area contributed by atoms with Crippen LogP contribution >= 0.6 is 0 Å². The van der Waals surface area contributed by atoms with Crippen LogP contribution in [0.25, 0.3) is 0 Å². The number of nitrogens with one attached hydrogen (secondary N) is 2. The molecule has 0 bridgehead atoms. The van der Waals surface area contributed by atoms with Crippen LogP contribution in [-0.2, 0) is 4.74 Å². The highest BCUT2D eigenvalue weighted by atomic mass is 16.5. The Labute approximate surface area is 162 Å². The first-order chi connectivity index (χ1) is 13.3. The molecule has 0 aromatic heterocycles. The van der Waals surface area contributed by atoms with Gasteiger partial charge in [0.05, 0.1) is 25.9 Å². The van der Waals surface area contributed by atoms with Gasteiger partial charge in [-0.15, -0.1) is 0 Å². The van der Waals surface area contributed by atoms with Gasteiger partial charge < -0.3 is 20.1 Å². The Bertz CT molecular complexity index is 567. The number of nitrogens with zero attached hydrogens (tertiary/aromatic N) is 1. The molecule has 1 atom stereocenters. The van der Waals surface area contributed by atoms with Crippen molar-refractivity contribution in [1.29, 1.82) is 0 Å². The summed E-state index contributed by atoms with van der Waals surface area (Å²) in [7, 11) is 0. The van der Waals surface area contributed by atoms with Gasteiger partial charge in [-0.2, -0.15) is 0 Å². The lowest BCUT2D eigenvalue weighted by Gasteiger charge is -2.35. The summed E-state index contributed by atoms with van der Waals surface area (Å²) in [5.74, 6) is 0.880. The maximum absolute atomic E-state index is 12.4. The third-order valence-corrected chi connectivity index (χ3v) is 5.46. The van der Waals surface area contributed by atoms with Crippen LogP contribution in [0.3, 0.4) is 0 Å². The van der Waals surface area contributed by atoms with E-state index in [0.29, 0.717) is 19.2 Å². The van der Waals surface area contributed by atoms with E-state index in [9.17, 15) is 4.79 Å². The van der Waals surface area contributed by atoms with Crippen LogP contribution in [0.2, 0.25) is 0 Å². The van der Waals surface area contributed by atoms with E-state index < -0.39 is 0 Å². The van der Waals surface area contributed by atoms with Crippen LogP contribution in [0.15, 0.2) is 24.3 Å². The number of benzene rings is 1. The van der Waals surface area contributed by atoms with Crippen LogP contribution in [0.4, 0.5) is 4.79 Å². The Balaban J connectivity index is 1.59. The SMILES string of the molecule is CCOc1ccc(C(CNC(=O)NC2CCCCC2)N2CCOCC2)cc1. The molecule has 2 aliphatic rings. The standard InChI is InChI=1S/C21H33N3O3/c1-2-27-19-10-8-17(9-11-19)20(24-12-14-26-15-13-24)16-22-21(25)23-18-6-4-3-5-7-18/h8-11,18,20H,2-7,12-16H2,1H3,(H2,22,23,25). The molecule has 2 amide bonds. The van der Waals surface area contributed by atoms with E-state index in [2.05, 4.69) is 27.7 Å². The largest absolute Gasteiger partial charge is 0.494 e. The summed E-state index contributed by atoms with van der Waals surface area (Å²) in [6, 6.07) is 8.64. The summed E-state index contributed by atoms with van der Waals surface area (Å²) in [5, 5.41) is 6.24. The molecule has 2 fully saturated rings. The molecular formula is C21H33N3O3. The average Bonchev–Trinajstić information content (AvgIpc) is 2.71. The lowest BCUT2D eigenvalue weighted by atomic mass is 9.96. The Morgan fingerprint density at radius 3 is 2.56 bits per heavy atom. The molecule has 150 valence electrons. The number of rotatable bonds is 7. The second-order valence-corrected chi connectivity index (χ2v) is 7.36. The molecule has 3 rings (SSSR count). The number of morpholine rings is 1. The molecule has 1 unspecified atom stereocenters. The van der Waals surface area contributed by atoms with Crippen molar-refractivity contribution in [3.63, 3.8) is 0 Å². The highest BCUT2D eigenvalue weighted by Crippen LogP contribution is 2.24. The first-order valence-corrected chi connectivity index (χ1v) is 10.3. The van der Waals surface area contributed by atoms with Gasteiger partial charge in [0.15, 0.2) is 0 Å². The van der Waals surface area contributed by atoms with Gasteiger partial charge in [0.25, 0.3) is 0 Å². The second-order valence-electron chi connectivity index (χ2n) is 7.36. The minimum Gasteiger partial charge on any atom is -0.494 e. The fraction of sp³-hybridized carbons (Fsp3) is 0.667. The summed E-state index contributed by atoms with van der Waals surface area (Å²) < 4.78 is 11.1. The topological polar surface area (TPSA) is 62.8 Å². The molecule has 1 saturated heterocycles. The van der Waals surface area contributed by atoms with E-state index in [1.807, 2.05) is 19.1 Å². The van der Waals surface area contributed by atoms with Crippen LogP contribution in [0.5, 0.6) is 5.75 Å². The molecule has 1 aliphatic heterocycles. The maximum atomic E-state index is 12.4. The normalized spacial score (nSPS) is 20.0. The van der Waals surface area contributed by atoms with Crippen molar-refractivity contribution in [1.82, 2.24) is 15.5 Å². The summed E-state index contributed by atoms with van der Waals surface area (Å²) >= 11 is 0. The molecular weight excluding hydrogens is 342 g/mol. The predicted molar refractivity (Wildman–Crippen MR) is 106 cm³/mol. The second kappa shape index (κ2) is 10.5. The Morgan fingerprint density at radius 1 is 1.19 bits per heavy atom. The minimum atomic E-state index is -0.0499. The lowest BCUT2D eigenvalue weighted by Crippen LogP contribution is -2.47. The fourth-order valence-corrected chi connectivity index (χ4v) is 3.97. The number of ether oxygens (including phenoxy) is 2. The number of carbonyl (C=O) groups is 1. The molecule has 1 saturated carbocycles. The molecule has 0 spiro atoms. The number of amides is 2. The first kappa shape index (κ1) is 20.0. The highest BCUT2D eigenvalue weighted by molar-refractivity contribution is 5.74. The van der Waals surface area contributed by atoms with Crippen molar-refractivity contribution in [2.45, 2.75) is 51.1 Å². The van der Waals surface area contributed by atoms with E-state index in [1.165, 1.54) is 24.8 Å². The molecule has 0 radical (unpaired) electrons. The van der Waals surface area contributed by atoms with E-state index in [0.717, 1.165) is 44.9 Å². The van der Waals surface area contributed by atoms with Crippen molar-refractivity contribution >= 4 is 6.03 Å². The van der Waals surface area contributed by atoms with E-state index >= 15 is 0 Å². The van der Waals surface area contributed by atoms with Crippen molar-refractivity contribution in [3.8, 4) is 5.75 Å². The van der Waals surface area contributed by atoms with E-state index in [1.54, 1.807) is 0 Å². The summed E-state index contributed by atoms with van der Waals surface area (Å²) in [4.78, 5) is 14.8. The maximum Gasteiger partial charge on any atom is 0.315 e. The van der Waals surface area contributed by atoms with Gasteiger partial charge in [-0.25, -0.2) is 4.79 Å². The highest BCUT2D eigenvalue weighted by Gasteiger charge is 2.24. The quantitative estimate of drug-likeness (QED) is 0.769. The first-order valence-electron chi connectivity index (χ1n) is 10.3. The Kier molecular flexibility index (Phi) is 7.78. The van der Waals surface area contributed by atoms with Crippen LogP contribution < -0.4 is 15.4 Å². The molecule has 1 aromatic carbocycles. The third-order valence-electron chi connectivity index (χ3n) is 5.46. The zero-order chi connectivity index (χ0) is 18.9. The molecule has 1 aliphatic carbocycles. The van der Waals surface area contributed by atoms with Gasteiger partial charge in [0, 0.05) is 25.7 Å². The molecule has 1 aromatic rings. The van der Waals surface area contributed by atoms with Gasteiger partial charge in [0.2, 0.25) is 0 Å². The molecule has 2 N–H and O–H groups in total. The Hall–Kier alpha value is -1.79.